The van der Waals surface area contributed by atoms with Crippen molar-refractivity contribution in [2.75, 3.05) is 20.3 Å². The second-order valence-electron chi connectivity index (χ2n) is 7.29. The molecule has 0 fully saturated rings. The minimum atomic E-state index is -2.36. The van der Waals surface area contributed by atoms with Gasteiger partial charge < -0.3 is 28.5 Å². The Bertz CT molecular complexity index is 308. The minimum absolute atomic E-state index is 0. The molecule has 3 nitrogen and oxygen atoms in total. The number of unbranched alkanes of at least 4 members (excludes halogenated alkanes) is 2. The molecule has 2 unspecified atom stereocenters. The standard InChI is InChI=1S/C16H35O2PS2.C4H9.CH4O.CH3.Zn/c1-5-9-11-15(7-3)13-17-19(20,21)18-14-16(8-4)12-10-6-2;1-4(2)3;1-2;;/h15-16H,5-14H2,1-4H3,(H,20,21);4H,1H2,2-3H3;2H,1H3;1H3;/q;-1;;-1;+2. The van der Waals surface area contributed by atoms with Gasteiger partial charge in [0.25, 0.3) is 0 Å². The summed E-state index contributed by atoms with van der Waals surface area (Å²) in [4.78, 5) is 0. The first kappa shape index (κ1) is 40.8. The maximum absolute atomic E-state index is 7.00. The molecule has 0 aliphatic heterocycles. The van der Waals surface area contributed by atoms with Crippen LogP contribution in [0.15, 0.2) is 0 Å². The van der Waals surface area contributed by atoms with Gasteiger partial charge in [-0.05, 0) is 36.5 Å². The van der Waals surface area contributed by atoms with Crippen LogP contribution in [-0.2, 0) is 40.3 Å². The summed E-state index contributed by atoms with van der Waals surface area (Å²) in [5, 5.41) is 7.00. The van der Waals surface area contributed by atoms with E-state index in [2.05, 4.69) is 60.7 Å². The van der Waals surface area contributed by atoms with E-state index >= 15 is 0 Å². The molecule has 0 rings (SSSR count). The van der Waals surface area contributed by atoms with Crippen LogP contribution in [0.1, 0.15) is 92.9 Å². The third kappa shape index (κ3) is 34.3. The van der Waals surface area contributed by atoms with Gasteiger partial charge in [0.05, 0.1) is 13.2 Å². The van der Waals surface area contributed by atoms with Gasteiger partial charge in [0, 0.05) is 7.11 Å². The maximum atomic E-state index is 7.00. The van der Waals surface area contributed by atoms with Gasteiger partial charge in [-0.3, -0.25) is 0 Å². The van der Waals surface area contributed by atoms with Gasteiger partial charge in [0.2, 0.25) is 5.69 Å². The summed E-state index contributed by atoms with van der Waals surface area (Å²) < 4.78 is 11.7. The van der Waals surface area contributed by atoms with Crippen molar-refractivity contribution in [2.45, 2.75) is 92.9 Å². The summed E-state index contributed by atoms with van der Waals surface area (Å²) >= 11 is 9.91. The molecule has 0 amide bonds. The molecule has 0 bridgehead atoms. The summed E-state index contributed by atoms with van der Waals surface area (Å²) in [6, 6.07) is 0. The van der Waals surface area contributed by atoms with Crippen LogP contribution in [0.2, 0.25) is 0 Å². The van der Waals surface area contributed by atoms with Crippen LogP contribution >= 0.6 is 17.9 Å². The molecule has 0 heterocycles. The second kappa shape index (κ2) is 29.5. The Balaban J connectivity index is -0.000000213. The summed E-state index contributed by atoms with van der Waals surface area (Å²) in [6.07, 6.45) is 9.68. The van der Waals surface area contributed by atoms with Crippen LogP contribution in [0, 0.1) is 32.1 Å². The van der Waals surface area contributed by atoms with E-state index in [9.17, 15) is 0 Å². The second-order valence-corrected chi connectivity index (χ2v) is 12.6. The molecule has 0 aromatic rings. The van der Waals surface area contributed by atoms with Crippen molar-refractivity contribution in [2.24, 2.45) is 17.8 Å². The molecule has 0 saturated carbocycles. The topological polar surface area (TPSA) is 38.7 Å². The SMILES string of the molecule is CCCCC(CC)COP(=S)(S)OCC(CC)CCCC.CO.[CH2-]C(C)C.[CH3-].[Zn+2]. The Kier molecular flexibility index (Phi) is 41.5. The van der Waals surface area contributed by atoms with Crippen molar-refractivity contribution in [3.05, 3.63) is 14.4 Å². The van der Waals surface area contributed by atoms with Gasteiger partial charge in [0.1, 0.15) is 0 Å². The Labute approximate surface area is 208 Å². The number of rotatable bonds is 14. The van der Waals surface area contributed by atoms with Crippen LogP contribution in [-0.4, -0.2) is 25.4 Å². The fourth-order valence-electron chi connectivity index (χ4n) is 2.23. The van der Waals surface area contributed by atoms with E-state index in [0.29, 0.717) is 31.0 Å². The molecule has 0 spiro atoms. The molecule has 0 radical (unpaired) electrons. The smallest absolute Gasteiger partial charge is 0.400 e. The van der Waals surface area contributed by atoms with Gasteiger partial charge in [-0.1, -0.05) is 92.3 Å². The van der Waals surface area contributed by atoms with Crippen molar-refractivity contribution in [3.63, 3.8) is 0 Å². The molecule has 0 aromatic heterocycles. The van der Waals surface area contributed by atoms with Gasteiger partial charge in [-0.25, -0.2) is 0 Å². The molecule has 0 aliphatic carbocycles. The van der Waals surface area contributed by atoms with Crippen LogP contribution in [0.5, 0.6) is 0 Å². The van der Waals surface area contributed by atoms with E-state index in [1.54, 1.807) is 0 Å². The van der Waals surface area contributed by atoms with E-state index in [1.807, 2.05) is 0 Å². The predicted molar refractivity (Wildman–Crippen MR) is 137 cm³/mol. The fraction of sp³-hybridized carbons (Fsp3) is 0.909. The molecule has 7 heteroatoms. The molecular formula is C22H51O3PS2Zn. The fourth-order valence-corrected chi connectivity index (χ4v) is 3.87. The molecule has 0 saturated heterocycles. The Morgan fingerprint density at radius 1 is 0.897 bits per heavy atom. The molecular weight excluding hydrogens is 473 g/mol. The van der Waals surface area contributed by atoms with Gasteiger partial charge in [-0.2, -0.15) is 5.92 Å². The van der Waals surface area contributed by atoms with Gasteiger partial charge in [-0.15, -0.1) is 0 Å². The zero-order chi connectivity index (χ0) is 21.7. The average Bonchev–Trinajstić information content (AvgIpc) is 2.63. The van der Waals surface area contributed by atoms with Crippen LogP contribution in [0.25, 0.3) is 0 Å². The Morgan fingerprint density at radius 2 is 1.17 bits per heavy atom. The normalized spacial score (nSPS) is 14.0. The number of thiol groups is 1. The molecule has 0 aliphatic rings. The van der Waals surface area contributed by atoms with Crippen molar-refractivity contribution >= 4 is 29.7 Å². The summed E-state index contributed by atoms with van der Waals surface area (Å²) in [5.41, 5.74) is -2.36. The molecule has 176 valence electrons. The third-order valence-electron chi connectivity index (χ3n) is 4.03. The largest absolute Gasteiger partial charge is 2.00 e. The van der Waals surface area contributed by atoms with Gasteiger partial charge in [0.15, 0.2) is 0 Å². The van der Waals surface area contributed by atoms with Crippen molar-refractivity contribution in [1.29, 1.82) is 0 Å². The number of aliphatic hydroxyl groups excluding tert-OH is 1. The maximum Gasteiger partial charge on any atom is 2.00 e. The van der Waals surface area contributed by atoms with Crippen molar-refractivity contribution < 1.29 is 33.6 Å². The van der Waals surface area contributed by atoms with E-state index in [-0.39, 0.29) is 26.9 Å². The molecule has 2 atom stereocenters. The van der Waals surface area contributed by atoms with Crippen LogP contribution in [0.3, 0.4) is 0 Å². The molecule has 1 N–H and O–H groups in total. The Morgan fingerprint density at radius 3 is 1.38 bits per heavy atom. The zero-order valence-corrected chi connectivity index (χ0v) is 26.4. The Hall–Kier alpha value is 1.50. The average molecular weight is 524 g/mol. The molecule has 29 heavy (non-hydrogen) atoms. The predicted octanol–water partition coefficient (Wildman–Crippen LogP) is 8.14. The van der Waals surface area contributed by atoms with Gasteiger partial charge >= 0.3 is 19.5 Å². The van der Waals surface area contributed by atoms with E-state index < -0.39 is 5.69 Å². The van der Waals surface area contributed by atoms with Crippen LogP contribution < -0.4 is 0 Å². The van der Waals surface area contributed by atoms with Crippen molar-refractivity contribution in [3.8, 4) is 0 Å². The first-order valence-electron chi connectivity index (χ1n) is 10.6. The van der Waals surface area contributed by atoms with E-state index in [4.69, 9.17) is 26.0 Å². The number of hydrogen-bond acceptors (Lipinski definition) is 4. The summed E-state index contributed by atoms with van der Waals surface area (Å²) in [5.74, 6) is 1.76. The minimum Gasteiger partial charge on any atom is -0.400 e. The van der Waals surface area contributed by atoms with Crippen molar-refractivity contribution in [1.82, 2.24) is 0 Å². The number of aliphatic hydroxyl groups is 1. The summed E-state index contributed by atoms with van der Waals surface area (Å²) in [7, 11) is 1.00. The van der Waals surface area contributed by atoms with E-state index in [1.165, 1.54) is 38.5 Å². The monoisotopic (exact) mass is 522 g/mol. The first-order chi connectivity index (χ1) is 12.7. The van der Waals surface area contributed by atoms with Crippen LogP contribution in [0.4, 0.5) is 0 Å². The van der Waals surface area contributed by atoms with E-state index in [0.717, 1.165) is 20.0 Å². The third-order valence-corrected chi connectivity index (χ3v) is 6.31. The summed E-state index contributed by atoms with van der Waals surface area (Å²) in [6.45, 7) is 18.0. The molecule has 0 aromatic carbocycles. The number of hydrogen-bond donors (Lipinski definition) is 2. The quantitative estimate of drug-likeness (QED) is 0.104. The first-order valence-corrected chi connectivity index (χ1v) is 14.4. The zero-order valence-electron chi connectivity index (χ0n) is 20.8.